The van der Waals surface area contributed by atoms with Gasteiger partial charge in [0.05, 0.1) is 0 Å². The summed E-state index contributed by atoms with van der Waals surface area (Å²) in [7, 11) is 0. The molecule has 0 aliphatic heterocycles. The zero-order chi connectivity index (χ0) is 21.4. The van der Waals surface area contributed by atoms with Crippen LogP contribution in [0.15, 0.2) is 54.6 Å². The minimum atomic E-state index is -0.626. The molecule has 0 aromatic heterocycles. The van der Waals surface area contributed by atoms with Crippen molar-refractivity contribution in [3.63, 3.8) is 0 Å². The molecule has 0 fully saturated rings. The van der Waals surface area contributed by atoms with E-state index in [-0.39, 0.29) is 24.2 Å². The first kappa shape index (κ1) is 22.4. The van der Waals surface area contributed by atoms with Crippen LogP contribution < -0.4 is 10.1 Å². The van der Waals surface area contributed by atoms with Crippen molar-refractivity contribution >= 4 is 11.8 Å². The van der Waals surface area contributed by atoms with Crippen molar-refractivity contribution in [3.05, 3.63) is 66.0 Å². The summed E-state index contributed by atoms with van der Waals surface area (Å²) in [5.74, 6) is -0.494. The highest BCUT2D eigenvalue weighted by molar-refractivity contribution is 5.88. The lowest BCUT2D eigenvalue weighted by molar-refractivity contribution is -0.143. The molecule has 1 unspecified atom stereocenters. The van der Waals surface area contributed by atoms with Crippen LogP contribution in [0.3, 0.4) is 0 Å². The summed E-state index contributed by atoms with van der Waals surface area (Å²) in [6.45, 7) is 7.63. The van der Waals surface area contributed by atoms with E-state index in [4.69, 9.17) is 4.74 Å². The van der Waals surface area contributed by atoms with Gasteiger partial charge in [-0.05, 0) is 57.0 Å². The summed E-state index contributed by atoms with van der Waals surface area (Å²) >= 11 is 0. The van der Waals surface area contributed by atoms with Crippen LogP contribution in [0.5, 0.6) is 5.75 Å². The zero-order valence-electron chi connectivity index (χ0n) is 17.4. The predicted molar refractivity (Wildman–Crippen MR) is 111 cm³/mol. The third-order valence-electron chi connectivity index (χ3n) is 4.26. The summed E-state index contributed by atoms with van der Waals surface area (Å²) in [6, 6.07) is 14.4. The minimum Gasteiger partial charge on any atom is -0.484 e. The number of nitrogens with one attached hydrogen (secondary N) is 1. The smallest absolute Gasteiger partial charge is 0.261 e. The predicted octanol–water partition coefficient (Wildman–Crippen LogP) is 3.93. The van der Waals surface area contributed by atoms with Crippen LogP contribution in [-0.4, -0.2) is 34.9 Å². The largest absolute Gasteiger partial charge is 0.484 e. The second-order valence-corrected chi connectivity index (χ2v) is 7.91. The molecule has 0 bridgehead atoms. The third kappa shape index (κ3) is 7.22. The molecule has 6 heteroatoms. The molecular weight excluding hydrogens is 371 g/mol. The van der Waals surface area contributed by atoms with E-state index in [2.05, 4.69) is 5.32 Å². The number of halogens is 1. The lowest BCUT2D eigenvalue weighted by Gasteiger charge is -2.33. The van der Waals surface area contributed by atoms with Gasteiger partial charge < -0.3 is 15.0 Å². The number of nitrogens with zero attached hydrogens (tertiary/aromatic N) is 1. The molecule has 0 spiro atoms. The highest BCUT2D eigenvalue weighted by Gasteiger charge is 2.30. The second kappa shape index (κ2) is 10.0. The molecule has 29 heavy (non-hydrogen) atoms. The maximum Gasteiger partial charge on any atom is 0.261 e. The highest BCUT2D eigenvalue weighted by Crippen LogP contribution is 2.16. The van der Waals surface area contributed by atoms with Gasteiger partial charge in [-0.25, -0.2) is 4.39 Å². The maximum atomic E-state index is 13.1. The number of amides is 2. The Morgan fingerprint density at radius 2 is 1.69 bits per heavy atom. The number of rotatable bonds is 8. The molecule has 0 saturated heterocycles. The fraction of sp³-hybridized carbons (Fsp3) is 0.391. The lowest BCUT2D eigenvalue weighted by atomic mass is 10.1. The van der Waals surface area contributed by atoms with E-state index in [0.29, 0.717) is 18.7 Å². The van der Waals surface area contributed by atoms with Crippen LogP contribution in [-0.2, 0) is 16.1 Å². The van der Waals surface area contributed by atoms with Crippen LogP contribution in [0, 0.1) is 5.82 Å². The number of carbonyl (C=O) groups excluding carboxylic acids is 2. The zero-order valence-corrected chi connectivity index (χ0v) is 17.4. The first-order valence-electron chi connectivity index (χ1n) is 9.73. The van der Waals surface area contributed by atoms with Gasteiger partial charge in [0, 0.05) is 12.1 Å². The Labute approximate surface area is 171 Å². The average molecular weight is 400 g/mol. The van der Waals surface area contributed by atoms with Gasteiger partial charge in [-0.1, -0.05) is 37.3 Å². The fourth-order valence-electron chi connectivity index (χ4n) is 2.91. The van der Waals surface area contributed by atoms with Crippen molar-refractivity contribution in [1.82, 2.24) is 10.2 Å². The van der Waals surface area contributed by atoms with Gasteiger partial charge in [0.1, 0.15) is 17.6 Å². The van der Waals surface area contributed by atoms with Crippen molar-refractivity contribution in [2.45, 2.75) is 52.2 Å². The first-order chi connectivity index (χ1) is 13.7. The second-order valence-electron chi connectivity index (χ2n) is 7.91. The van der Waals surface area contributed by atoms with Gasteiger partial charge in [-0.15, -0.1) is 0 Å². The Morgan fingerprint density at radius 3 is 2.24 bits per heavy atom. The molecular formula is C23H29FN2O3. The summed E-state index contributed by atoms with van der Waals surface area (Å²) in [5, 5.41) is 2.96. The van der Waals surface area contributed by atoms with Crippen LogP contribution in [0.1, 0.15) is 39.7 Å². The Balaban J connectivity index is 2.19. The molecule has 2 aromatic carbocycles. The molecule has 156 valence electrons. The summed E-state index contributed by atoms with van der Waals surface area (Å²) in [6.07, 6.45) is 0.469. The van der Waals surface area contributed by atoms with Gasteiger partial charge in [-0.3, -0.25) is 9.59 Å². The van der Waals surface area contributed by atoms with Crippen molar-refractivity contribution < 1.29 is 18.7 Å². The quantitative estimate of drug-likeness (QED) is 0.731. The Hall–Kier alpha value is -2.89. The molecule has 0 aliphatic carbocycles. The minimum absolute atomic E-state index is 0.203. The molecule has 0 saturated carbocycles. The van der Waals surface area contributed by atoms with Gasteiger partial charge >= 0.3 is 0 Å². The molecule has 1 atom stereocenters. The Morgan fingerprint density at radius 1 is 1.07 bits per heavy atom. The van der Waals surface area contributed by atoms with E-state index in [9.17, 15) is 14.0 Å². The number of hydrogen-bond acceptors (Lipinski definition) is 3. The maximum absolute atomic E-state index is 13.1. The Kier molecular flexibility index (Phi) is 7.76. The molecule has 0 aliphatic rings. The monoisotopic (exact) mass is 400 g/mol. The molecule has 0 radical (unpaired) electrons. The molecule has 2 amide bonds. The third-order valence-corrected chi connectivity index (χ3v) is 4.26. The van der Waals surface area contributed by atoms with E-state index in [1.54, 1.807) is 4.90 Å². The summed E-state index contributed by atoms with van der Waals surface area (Å²) in [5.41, 5.74) is 0.515. The van der Waals surface area contributed by atoms with Gasteiger partial charge in [0.25, 0.3) is 5.91 Å². The highest BCUT2D eigenvalue weighted by atomic mass is 19.1. The first-order valence-corrected chi connectivity index (χ1v) is 9.73. The van der Waals surface area contributed by atoms with E-state index in [1.165, 1.54) is 24.3 Å². The number of carbonyl (C=O) groups is 2. The lowest BCUT2D eigenvalue weighted by Crippen LogP contribution is -2.54. The fourth-order valence-corrected chi connectivity index (χ4v) is 2.91. The summed E-state index contributed by atoms with van der Waals surface area (Å²) < 4.78 is 18.6. The van der Waals surface area contributed by atoms with Crippen LogP contribution in [0.4, 0.5) is 4.39 Å². The summed E-state index contributed by atoms with van der Waals surface area (Å²) in [4.78, 5) is 27.4. The van der Waals surface area contributed by atoms with Gasteiger partial charge in [-0.2, -0.15) is 0 Å². The number of hydrogen-bond donors (Lipinski definition) is 1. The van der Waals surface area contributed by atoms with Crippen LogP contribution in [0.25, 0.3) is 0 Å². The number of benzene rings is 2. The van der Waals surface area contributed by atoms with Crippen LogP contribution in [0.2, 0.25) is 0 Å². The van der Waals surface area contributed by atoms with Crippen molar-refractivity contribution in [3.8, 4) is 5.75 Å². The molecule has 1 N–H and O–H groups in total. The van der Waals surface area contributed by atoms with E-state index < -0.39 is 11.6 Å². The topological polar surface area (TPSA) is 58.6 Å². The van der Waals surface area contributed by atoms with Crippen molar-refractivity contribution in [1.29, 1.82) is 0 Å². The molecule has 2 rings (SSSR count). The van der Waals surface area contributed by atoms with Crippen LogP contribution >= 0.6 is 0 Å². The normalized spacial score (nSPS) is 12.2. The standard InChI is InChI=1S/C23H29FN2O3/c1-5-20(22(28)25-23(2,3)4)26(15-17-9-7-6-8-10-17)21(27)16-29-19-13-11-18(24)12-14-19/h6-14,20H,5,15-16H2,1-4H3,(H,25,28). The van der Waals surface area contributed by atoms with E-state index in [1.807, 2.05) is 58.0 Å². The Bertz CT molecular complexity index is 801. The van der Waals surface area contributed by atoms with Crippen molar-refractivity contribution in [2.75, 3.05) is 6.61 Å². The molecule has 5 nitrogen and oxygen atoms in total. The van der Waals surface area contributed by atoms with Gasteiger partial charge in [0.2, 0.25) is 5.91 Å². The van der Waals surface area contributed by atoms with Gasteiger partial charge in [0.15, 0.2) is 6.61 Å². The average Bonchev–Trinajstić information content (AvgIpc) is 2.66. The molecule has 0 heterocycles. The van der Waals surface area contributed by atoms with E-state index in [0.717, 1.165) is 5.56 Å². The van der Waals surface area contributed by atoms with Crippen molar-refractivity contribution in [2.24, 2.45) is 0 Å². The SMILES string of the molecule is CCC(C(=O)NC(C)(C)C)N(Cc1ccccc1)C(=O)COc1ccc(F)cc1. The number of ether oxygens (including phenoxy) is 1. The molecule has 2 aromatic rings. The van der Waals surface area contributed by atoms with E-state index >= 15 is 0 Å².